The largest absolute Gasteiger partial charge is 0.338 e. The number of carbonyl (C=O) groups excluding carboxylic acids is 1. The van der Waals surface area contributed by atoms with Crippen molar-refractivity contribution < 1.29 is 9.72 Å². The zero-order chi connectivity index (χ0) is 17.8. The smallest absolute Gasteiger partial charge is 0.282 e. The number of benzene rings is 2. The highest BCUT2D eigenvalue weighted by molar-refractivity contribution is 6.30. The van der Waals surface area contributed by atoms with Crippen LogP contribution in [0.15, 0.2) is 48.5 Å². The quantitative estimate of drug-likeness (QED) is 0.592. The SMILES string of the molecule is O=C(c1ccccc1[N+](=O)[O-])N1CCCCC(c2ccc(Cl)cc2)C1. The van der Waals surface area contributed by atoms with Crippen molar-refractivity contribution in [2.45, 2.75) is 25.2 Å². The van der Waals surface area contributed by atoms with E-state index in [1.54, 1.807) is 17.0 Å². The highest BCUT2D eigenvalue weighted by Crippen LogP contribution is 2.29. The predicted octanol–water partition coefficient (Wildman–Crippen LogP) is 4.66. The van der Waals surface area contributed by atoms with Crippen LogP contribution in [-0.4, -0.2) is 28.8 Å². The maximum absolute atomic E-state index is 12.9. The first-order valence-corrected chi connectivity index (χ1v) is 8.72. The number of halogens is 1. The summed E-state index contributed by atoms with van der Waals surface area (Å²) >= 11 is 5.96. The first kappa shape index (κ1) is 17.4. The van der Waals surface area contributed by atoms with Crippen LogP contribution < -0.4 is 0 Å². The molecule has 1 aliphatic rings. The minimum absolute atomic E-state index is 0.139. The van der Waals surface area contributed by atoms with Crippen LogP contribution in [0.5, 0.6) is 0 Å². The molecule has 5 nitrogen and oxygen atoms in total. The average Bonchev–Trinajstić information content (AvgIpc) is 2.88. The third kappa shape index (κ3) is 3.99. The summed E-state index contributed by atoms with van der Waals surface area (Å²) in [7, 11) is 0. The first-order chi connectivity index (χ1) is 12.1. The number of nitro groups is 1. The normalized spacial score (nSPS) is 17.8. The van der Waals surface area contributed by atoms with E-state index in [4.69, 9.17) is 11.6 Å². The van der Waals surface area contributed by atoms with E-state index in [0.717, 1.165) is 24.8 Å². The second-order valence-corrected chi connectivity index (χ2v) is 6.71. The molecule has 1 unspecified atom stereocenters. The van der Waals surface area contributed by atoms with Gasteiger partial charge in [-0.15, -0.1) is 0 Å². The lowest BCUT2D eigenvalue weighted by molar-refractivity contribution is -0.385. The van der Waals surface area contributed by atoms with Crippen LogP contribution in [0, 0.1) is 10.1 Å². The molecule has 3 rings (SSSR count). The molecular formula is C19H19ClN2O3. The van der Waals surface area contributed by atoms with E-state index in [9.17, 15) is 14.9 Å². The number of rotatable bonds is 3. The fraction of sp³-hybridized carbons (Fsp3) is 0.316. The standard InChI is InChI=1S/C19H19ClN2O3/c20-16-10-8-14(9-11-16)15-5-3-4-12-21(13-15)19(23)17-6-1-2-7-18(17)22(24)25/h1-2,6-11,15H,3-5,12-13H2. The highest BCUT2D eigenvalue weighted by atomic mass is 35.5. The summed E-state index contributed by atoms with van der Waals surface area (Å²) in [4.78, 5) is 25.4. The van der Waals surface area contributed by atoms with Gasteiger partial charge in [0.2, 0.25) is 0 Å². The monoisotopic (exact) mass is 358 g/mol. The number of hydrogen-bond acceptors (Lipinski definition) is 3. The Morgan fingerprint density at radius 2 is 1.84 bits per heavy atom. The van der Waals surface area contributed by atoms with Crippen molar-refractivity contribution in [1.29, 1.82) is 0 Å². The zero-order valence-electron chi connectivity index (χ0n) is 13.7. The maximum Gasteiger partial charge on any atom is 0.282 e. The summed E-state index contributed by atoms with van der Waals surface area (Å²) in [5.41, 5.74) is 1.16. The van der Waals surface area contributed by atoms with E-state index in [-0.39, 0.29) is 23.1 Å². The van der Waals surface area contributed by atoms with Crippen molar-refractivity contribution >= 4 is 23.2 Å². The molecule has 0 radical (unpaired) electrons. The summed E-state index contributed by atoms with van der Waals surface area (Å²) in [6.45, 7) is 1.18. The molecule has 2 aromatic rings. The van der Waals surface area contributed by atoms with Gasteiger partial charge in [-0.1, -0.05) is 42.3 Å². The average molecular weight is 359 g/mol. The third-order valence-electron chi connectivity index (χ3n) is 4.63. The van der Waals surface area contributed by atoms with Gasteiger partial charge in [-0.25, -0.2) is 0 Å². The lowest BCUT2D eigenvalue weighted by Crippen LogP contribution is -2.34. The number of hydrogen-bond donors (Lipinski definition) is 0. The number of likely N-dealkylation sites (tertiary alicyclic amines) is 1. The fourth-order valence-corrected chi connectivity index (χ4v) is 3.44. The molecule has 0 aliphatic carbocycles. The van der Waals surface area contributed by atoms with Crippen molar-refractivity contribution in [3.8, 4) is 0 Å². The molecule has 1 heterocycles. The Hall–Kier alpha value is -2.40. The zero-order valence-corrected chi connectivity index (χ0v) is 14.5. The van der Waals surface area contributed by atoms with Crippen LogP contribution in [0.2, 0.25) is 5.02 Å². The second kappa shape index (κ2) is 7.66. The second-order valence-electron chi connectivity index (χ2n) is 6.27. The van der Waals surface area contributed by atoms with Crippen LogP contribution in [0.1, 0.15) is 41.1 Å². The molecule has 1 saturated heterocycles. The number of nitro benzene ring substituents is 1. The lowest BCUT2D eigenvalue weighted by Gasteiger charge is -2.25. The molecule has 1 fully saturated rings. The summed E-state index contributed by atoms with van der Waals surface area (Å²) in [5, 5.41) is 11.9. The van der Waals surface area contributed by atoms with Crippen molar-refractivity contribution in [2.24, 2.45) is 0 Å². The van der Waals surface area contributed by atoms with Gasteiger partial charge in [0, 0.05) is 30.1 Å². The fourth-order valence-electron chi connectivity index (χ4n) is 3.32. The van der Waals surface area contributed by atoms with Gasteiger partial charge in [-0.05, 0) is 36.6 Å². The molecule has 0 saturated carbocycles. The third-order valence-corrected chi connectivity index (χ3v) is 4.88. The van der Waals surface area contributed by atoms with Gasteiger partial charge in [0.1, 0.15) is 5.56 Å². The molecule has 1 amide bonds. The van der Waals surface area contributed by atoms with E-state index < -0.39 is 4.92 Å². The highest BCUT2D eigenvalue weighted by Gasteiger charge is 2.28. The molecule has 1 atom stereocenters. The van der Waals surface area contributed by atoms with Crippen molar-refractivity contribution in [1.82, 2.24) is 4.90 Å². The van der Waals surface area contributed by atoms with Gasteiger partial charge in [0.05, 0.1) is 4.92 Å². The molecule has 25 heavy (non-hydrogen) atoms. The van der Waals surface area contributed by atoms with Gasteiger partial charge in [0.15, 0.2) is 0 Å². The molecule has 0 spiro atoms. The van der Waals surface area contributed by atoms with Crippen molar-refractivity contribution in [3.05, 3.63) is 74.8 Å². The van der Waals surface area contributed by atoms with E-state index in [1.807, 2.05) is 24.3 Å². The van der Waals surface area contributed by atoms with Crippen LogP contribution >= 0.6 is 11.6 Å². The van der Waals surface area contributed by atoms with Crippen LogP contribution in [0.25, 0.3) is 0 Å². The van der Waals surface area contributed by atoms with Crippen LogP contribution in [0.4, 0.5) is 5.69 Å². The maximum atomic E-state index is 12.9. The molecular weight excluding hydrogens is 340 g/mol. The molecule has 6 heteroatoms. The predicted molar refractivity (Wildman–Crippen MR) is 97.0 cm³/mol. The Balaban J connectivity index is 1.85. The summed E-state index contributed by atoms with van der Waals surface area (Å²) in [5.74, 6) is -0.0559. The summed E-state index contributed by atoms with van der Waals surface area (Å²) < 4.78 is 0. The van der Waals surface area contributed by atoms with Gasteiger partial charge in [-0.3, -0.25) is 14.9 Å². The summed E-state index contributed by atoms with van der Waals surface area (Å²) in [6, 6.07) is 13.8. The van der Waals surface area contributed by atoms with Gasteiger partial charge >= 0.3 is 0 Å². The number of nitrogens with zero attached hydrogens (tertiary/aromatic N) is 2. The molecule has 130 valence electrons. The molecule has 1 aliphatic heterocycles. The molecule has 0 bridgehead atoms. The van der Waals surface area contributed by atoms with Crippen molar-refractivity contribution in [3.63, 3.8) is 0 Å². The Kier molecular flexibility index (Phi) is 5.34. The van der Waals surface area contributed by atoms with Gasteiger partial charge < -0.3 is 4.90 Å². The van der Waals surface area contributed by atoms with Crippen LogP contribution in [-0.2, 0) is 0 Å². The van der Waals surface area contributed by atoms with Gasteiger partial charge in [0.25, 0.3) is 11.6 Å². The van der Waals surface area contributed by atoms with E-state index in [2.05, 4.69) is 0 Å². The number of amides is 1. The Labute approximate surface area is 151 Å². The summed E-state index contributed by atoms with van der Waals surface area (Å²) in [6.07, 6.45) is 2.91. The molecule has 0 N–H and O–H groups in total. The van der Waals surface area contributed by atoms with Crippen molar-refractivity contribution in [2.75, 3.05) is 13.1 Å². The Morgan fingerprint density at radius 1 is 1.12 bits per heavy atom. The first-order valence-electron chi connectivity index (χ1n) is 8.34. The number of carbonyl (C=O) groups is 1. The van der Waals surface area contributed by atoms with Gasteiger partial charge in [-0.2, -0.15) is 0 Å². The molecule has 0 aromatic heterocycles. The van der Waals surface area contributed by atoms with E-state index in [1.165, 1.54) is 12.1 Å². The van der Waals surface area contributed by atoms with Crippen LogP contribution in [0.3, 0.4) is 0 Å². The minimum atomic E-state index is -0.498. The van der Waals surface area contributed by atoms with E-state index >= 15 is 0 Å². The number of para-hydroxylation sites is 1. The van der Waals surface area contributed by atoms with E-state index in [0.29, 0.717) is 18.1 Å². The minimum Gasteiger partial charge on any atom is -0.338 e. The lowest BCUT2D eigenvalue weighted by atomic mass is 9.94. The molecule has 2 aromatic carbocycles. The Morgan fingerprint density at radius 3 is 2.56 bits per heavy atom. The topological polar surface area (TPSA) is 63.4 Å². The Bertz CT molecular complexity index is 776.